The standard InChI is InChI=1S/C13H12N2OS/c1-7-3-4-9-10(5-7)16-13(15-9)12-8(2)6-11(14)17-12/h3-6H,14H2,1-2H3. The molecule has 0 unspecified atom stereocenters. The van der Waals surface area contributed by atoms with Gasteiger partial charge in [-0.2, -0.15) is 0 Å². The first-order chi connectivity index (χ1) is 8.13. The van der Waals surface area contributed by atoms with Crippen molar-refractivity contribution < 1.29 is 4.42 Å². The van der Waals surface area contributed by atoms with Crippen molar-refractivity contribution in [2.45, 2.75) is 13.8 Å². The zero-order chi connectivity index (χ0) is 12.0. The van der Waals surface area contributed by atoms with Crippen LogP contribution in [0.1, 0.15) is 11.1 Å². The van der Waals surface area contributed by atoms with E-state index in [1.54, 1.807) is 0 Å². The second-order valence-corrected chi connectivity index (χ2v) is 5.23. The molecule has 0 amide bonds. The van der Waals surface area contributed by atoms with Crippen LogP contribution in [-0.2, 0) is 0 Å². The summed E-state index contributed by atoms with van der Waals surface area (Å²) in [6.07, 6.45) is 0. The van der Waals surface area contributed by atoms with Crippen molar-refractivity contribution in [3.8, 4) is 10.8 Å². The van der Waals surface area contributed by atoms with Gasteiger partial charge in [0, 0.05) is 0 Å². The zero-order valence-corrected chi connectivity index (χ0v) is 10.5. The average Bonchev–Trinajstić information content (AvgIpc) is 2.80. The number of oxazole rings is 1. The van der Waals surface area contributed by atoms with Crippen LogP contribution in [0.25, 0.3) is 21.9 Å². The summed E-state index contributed by atoms with van der Waals surface area (Å²) in [5.41, 5.74) is 9.77. The molecule has 0 spiro atoms. The highest BCUT2D eigenvalue weighted by Gasteiger charge is 2.13. The van der Waals surface area contributed by atoms with Crippen molar-refractivity contribution in [2.75, 3.05) is 5.73 Å². The Hall–Kier alpha value is -1.81. The first kappa shape index (κ1) is 10.4. The van der Waals surface area contributed by atoms with Gasteiger partial charge in [0.25, 0.3) is 0 Å². The highest BCUT2D eigenvalue weighted by atomic mass is 32.1. The maximum Gasteiger partial charge on any atom is 0.237 e. The molecule has 4 heteroatoms. The van der Waals surface area contributed by atoms with Gasteiger partial charge >= 0.3 is 0 Å². The fourth-order valence-electron chi connectivity index (χ4n) is 1.85. The number of hydrogen-bond acceptors (Lipinski definition) is 4. The van der Waals surface area contributed by atoms with E-state index in [1.807, 2.05) is 38.1 Å². The molecule has 2 N–H and O–H groups in total. The van der Waals surface area contributed by atoms with E-state index in [0.29, 0.717) is 5.89 Å². The van der Waals surface area contributed by atoms with Crippen molar-refractivity contribution in [1.82, 2.24) is 4.98 Å². The van der Waals surface area contributed by atoms with Crippen molar-refractivity contribution in [3.05, 3.63) is 35.4 Å². The summed E-state index contributed by atoms with van der Waals surface area (Å²) in [5, 5.41) is 0.788. The molecule has 0 bridgehead atoms. The molecule has 17 heavy (non-hydrogen) atoms. The summed E-state index contributed by atoms with van der Waals surface area (Å²) in [7, 11) is 0. The molecule has 2 heterocycles. The minimum Gasteiger partial charge on any atom is -0.435 e. The van der Waals surface area contributed by atoms with E-state index in [4.69, 9.17) is 10.2 Å². The van der Waals surface area contributed by atoms with Gasteiger partial charge in [0.05, 0.1) is 9.88 Å². The number of aryl methyl sites for hydroxylation is 2. The number of rotatable bonds is 1. The lowest BCUT2D eigenvalue weighted by atomic mass is 10.2. The quantitative estimate of drug-likeness (QED) is 0.709. The zero-order valence-electron chi connectivity index (χ0n) is 9.65. The molecule has 3 nitrogen and oxygen atoms in total. The number of thiophene rings is 1. The molecule has 0 fully saturated rings. The van der Waals surface area contributed by atoms with E-state index >= 15 is 0 Å². The number of anilines is 1. The Morgan fingerprint density at radius 1 is 1.24 bits per heavy atom. The Bertz CT molecular complexity index is 697. The number of nitrogens with two attached hydrogens (primary N) is 1. The van der Waals surface area contributed by atoms with Crippen molar-refractivity contribution in [1.29, 1.82) is 0 Å². The van der Waals surface area contributed by atoms with Crippen LogP contribution in [0.5, 0.6) is 0 Å². The maximum atomic E-state index is 5.78. The van der Waals surface area contributed by atoms with Crippen molar-refractivity contribution in [3.63, 3.8) is 0 Å². The normalized spacial score (nSPS) is 11.2. The van der Waals surface area contributed by atoms with Crippen molar-refractivity contribution >= 4 is 27.4 Å². The second kappa shape index (κ2) is 3.60. The summed E-state index contributed by atoms with van der Waals surface area (Å²) >= 11 is 1.51. The molecule has 0 aliphatic heterocycles. The molecular weight excluding hydrogens is 232 g/mol. The smallest absolute Gasteiger partial charge is 0.237 e. The monoisotopic (exact) mass is 244 g/mol. The van der Waals surface area contributed by atoms with Crippen LogP contribution in [0.4, 0.5) is 5.00 Å². The van der Waals surface area contributed by atoms with Gasteiger partial charge in [-0.25, -0.2) is 4.98 Å². The number of hydrogen-bond donors (Lipinski definition) is 1. The predicted octanol–water partition coefficient (Wildman–Crippen LogP) is 3.76. The van der Waals surface area contributed by atoms with Crippen LogP contribution in [-0.4, -0.2) is 4.98 Å². The van der Waals surface area contributed by atoms with Gasteiger partial charge in [0.15, 0.2) is 5.58 Å². The largest absolute Gasteiger partial charge is 0.435 e. The van der Waals surface area contributed by atoms with Crippen LogP contribution in [0.3, 0.4) is 0 Å². The third kappa shape index (κ3) is 1.70. The van der Waals surface area contributed by atoms with Gasteiger partial charge in [-0.1, -0.05) is 6.07 Å². The first-order valence-corrected chi connectivity index (χ1v) is 6.18. The topological polar surface area (TPSA) is 52.0 Å². The lowest BCUT2D eigenvalue weighted by Gasteiger charge is -1.90. The molecule has 0 saturated carbocycles. The number of nitrogens with zero attached hydrogens (tertiary/aromatic N) is 1. The first-order valence-electron chi connectivity index (χ1n) is 5.37. The number of aromatic nitrogens is 1. The van der Waals surface area contributed by atoms with Crippen LogP contribution < -0.4 is 5.73 Å². The van der Waals surface area contributed by atoms with Crippen LogP contribution in [0.15, 0.2) is 28.7 Å². The van der Waals surface area contributed by atoms with E-state index in [2.05, 4.69) is 4.98 Å². The summed E-state index contributed by atoms with van der Waals surface area (Å²) < 4.78 is 5.77. The van der Waals surface area contributed by atoms with Gasteiger partial charge in [-0.3, -0.25) is 0 Å². The average molecular weight is 244 g/mol. The Balaban J connectivity index is 2.21. The summed E-state index contributed by atoms with van der Waals surface area (Å²) in [4.78, 5) is 5.50. The Kier molecular flexibility index (Phi) is 2.19. The highest BCUT2D eigenvalue weighted by molar-refractivity contribution is 7.19. The molecule has 0 atom stereocenters. The van der Waals surface area contributed by atoms with E-state index in [9.17, 15) is 0 Å². The molecule has 0 aliphatic rings. The second-order valence-electron chi connectivity index (χ2n) is 4.15. The molecule has 0 aliphatic carbocycles. The summed E-state index contributed by atoms with van der Waals surface area (Å²) in [5.74, 6) is 0.657. The molecule has 86 valence electrons. The minimum absolute atomic E-state index is 0.657. The molecule has 3 rings (SSSR count). The molecule has 0 radical (unpaired) electrons. The van der Waals surface area contributed by atoms with Gasteiger partial charge in [0.2, 0.25) is 5.89 Å². The predicted molar refractivity (Wildman–Crippen MR) is 71.2 cm³/mol. The van der Waals surface area contributed by atoms with E-state index in [0.717, 1.165) is 26.5 Å². The molecular formula is C13H12N2OS. The number of benzene rings is 1. The lowest BCUT2D eigenvalue weighted by molar-refractivity contribution is 0.621. The van der Waals surface area contributed by atoms with Crippen molar-refractivity contribution in [2.24, 2.45) is 0 Å². The maximum absolute atomic E-state index is 5.78. The van der Waals surface area contributed by atoms with Gasteiger partial charge in [-0.05, 0) is 43.2 Å². The SMILES string of the molecule is Cc1ccc2nc(-c3sc(N)cc3C)oc2c1. The van der Waals surface area contributed by atoms with E-state index in [1.165, 1.54) is 16.9 Å². The Morgan fingerprint density at radius 2 is 2.06 bits per heavy atom. The van der Waals surface area contributed by atoms with Crippen LogP contribution >= 0.6 is 11.3 Å². The van der Waals surface area contributed by atoms with Gasteiger partial charge in [-0.15, -0.1) is 11.3 Å². The van der Waals surface area contributed by atoms with Gasteiger partial charge < -0.3 is 10.2 Å². The third-order valence-corrected chi connectivity index (χ3v) is 3.73. The summed E-state index contributed by atoms with van der Waals surface area (Å²) in [6, 6.07) is 7.95. The Labute approximate surface area is 103 Å². The molecule has 3 aromatic rings. The van der Waals surface area contributed by atoms with E-state index in [-0.39, 0.29) is 0 Å². The van der Waals surface area contributed by atoms with Crippen LogP contribution in [0.2, 0.25) is 0 Å². The fraction of sp³-hybridized carbons (Fsp3) is 0.154. The molecule has 0 saturated heterocycles. The molecule has 2 aromatic heterocycles. The molecule has 1 aromatic carbocycles. The van der Waals surface area contributed by atoms with E-state index < -0.39 is 0 Å². The summed E-state index contributed by atoms with van der Waals surface area (Å²) in [6.45, 7) is 4.05. The van der Waals surface area contributed by atoms with Gasteiger partial charge in [0.1, 0.15) is 5.52 Å². The fourth-order valence-corrected chi connectivity index (χ4v) is 2.71. The Morgan fingerprint density at radius 3 is 2.76 bits per heavy atom. The minimum atomic E-state index is 0.657. The lowest BCUT2D eigenvalue weighted by Crippen LogP contribution is -1.74. The number of nitrogen functional groups attached to an aromatic ring is 1. The van der Waals surface area contributed by atoms with Crippen LogP contribution in [0, 0.1) is 13.8 Å². The third-order valence-electron chi connectivity index (χ3n) is 2.68. The highest BCUT2D eigenvalue weighted by Crippen LogP contribution is 2.34. The number of fused-ring (bicyclic) bond motifs is 1.